The summed E-state index contributed by atoms with van der Waals surface area (Å²) < 4.78 is 0. The molecule has 4 nitrogen and oxygen atoms in total. The van der Waals surface area contributed by atoms with Crippen molar-refractivity contribution in [3.8, 4) is 0 Å². The van der Waals surface area contributed by atoms with Crippen LogP contribution in [0.25, 0.3) is 0 Å². The molecule has 0 saturated heterocycles. The Bertz CT molecular complexity index is 879. The van der Waals surface area contributed by atoms with Gasteiger partial charge < -0.3 is 5.32 Å². The van der Waals surface area contributed by atoms with E-state index in [4.69, 9.17) is 0 Å². The highest BCUT2D eigenvalue weighted by molar-refractivity contribution is 6.06. The van der Waals surface area contributed by atoms with Gasteiger partial charge in [0.1, 0.15) is 5.41 Å². The normalized spacial score (nSPS) is 21.5. The molecule has 2 aromatic rings. The highest BCUT2D eigenvalue weighted by atomic mass is 16.2. The Labute approximate surface area is 141 Å². The van der Waals surface area contributed by atoms with Crippen molar-refractivity contribution in [1.29, 1.82) is 0 Å². The van der Waals surface area contributed by atoms with Gasteiger partial charge in [0.15, 0.2) is 5.78 Å². The molecule has 1 amide bonds. The van der Waals surface area contributed by atoms with E-state index in [0.717, 1.165) is 28.1 Å². The summed E-state index contributed by atoms with van der Waals surface area (Å²) in [5.41, 5.74) is 3.54. The van der Waals surface area contributed by atoms with Crippen LogP contribution in [0, 0.1) is 5.41 Å². The maximum Gasteiger partial charge on any atom is 0.237 e. The second kappa shape index (κ2) is 4.76. The average molecular weight is 320 g/mol. The number of amides is 1. The topological polar surface area (TPSA) is 59.1 Å². The van der Waals surface area contributed by atoms with Crippen molar-refractivity contribution in [1.82, 2.24) is 4.98 Å². The Balaban J connectivity index is 1.75. The summed E-state index contributed by atoms with van der Waals surface area (Å²) in [7, 11) is 0. The van der Waals surface area contributed by atoms with E-state index < -0.39 is 10.8 Å². The molecule has 1 aromatic carbocycles. The third-order valence-electron chi connectivity index (χ3n) is 5.08. The number of benzene rings is 1. The number of aromatic nitrogens is 1. The molecule has 0 saturated carbocycles. The van der Waals surface area contributed by atoms with Crippen molar-refractivity contribution in [3.05, 3.63) is 58.9 Å². The maximum atomic E-state index is 12.7. The van der Waals surface area contributed by atoms with Crippen LogP contribution >= 0.6 is 0 Å². The van der Waals surface area contributed by atoms with Gasteiger partial charge in [0, 0.05) is 17.2 Å². The predicted molar refractivity (Wildman–Crippen MR) is 92.2 cm³/mol. The third kappa shape index (κ3) is 2.02. The minimum atomic E-state index is -0.623. The van der Waals surface area contributed by atoms with Gasteiger partial charge in [0.2, 0.25) is 5.91 Å². The molecular weight excluding hydrogens is 300 g/mol. The zero-order valence-electron chi connectivity index (χ0n) is 14.1. The van der Waals surface area contributed by atoms with E-state index in [2.05, 4.69) is 10.3 Å². The van der Waals surface area contributed by atoms with E-state index in [9.17, 15) is 9.59 Å². The molecule has 122 valence electrons. The number of carbonyl (C=O) groups excluding carboxylic acids is 2. The zero-order chi connectivity index (χ0) is 17.1. The first-order valence-corrected chi connectivity index (χ1v) is 8.25. The van der Waals surface area contributed by atoms with Crippen LogP contribution in [0.1, 0.15) is 48.0 Å². The van der Waals surface area contributed by atoms with Gasteiger partial charge in [-0.05, 0) is 42.2 Å². The number of hydrogen-bond acceptors (Lipinski definition) is 3. The third-order valence-corrected chi connectivity index (χ3v) is 5.08. The average Bonchev–Trinajstić information content (AvgIpc) is 3.04. The number of rotatable bonds is 1. The standard InChI is InChI=1S/C20H20N2O2/c1-19(2,3)17(23)12-6-7-13-10-20(11-14(13)9-12)16-15(22-18(20)24)5-4-8-21-16/h4-9H,10-11H2,1-3H3,(H,22,24). The smallest absolute Gasteiger partial charge is 0.237 e. The molecule has 0 bridgehead atoms. The second-order valence-electron chi connectivity index (χ2n) is 7.85. The van der Waals surface area contributed by atoms with Crippen LogP contribution in [0.15, 0.2) is 36.5 Å². The van der Waals surface area contributed by atoms with Gasteiger partial charge in [-0.15, -0.1) is 0 Å². The Morgan fingerprint density at radius 2 is 1.92 bits per heavy atom. The molecule has 2 heterocycles. The molecule has 24 heavy (non-hydrogen) atoms. The number of nitrogens with one attached hydrogen (secondary N) is 1. The van der Waals surface area contributed by atoms with Crippen LogP contribution in [-0.2, 0) is 23.1 Å². The Morgan fingerprint density at radius 1 is 1.17 bits per heavy atom. The molecule has 0 fully saturated rings. The van der Waals surface area contributed by atoms with Crippen LogP contribution in [0.3, 0.4) is 0 Å². The minimum Gasteiger partial charge on any atom is -0.324 e. The molecule has 1 spiro atoms. The molecule has 1 aliphatic heterocycles. The van der Waals surface area contributed by atoms with E-state index in [1.165, 1.54) is 0 Å². The molecule has 0 radical (unpaired) electrons. The largest absolute Gasteiger partial charge is 0.324 e. The van der Waals surface area contributed by atoms with Crippen LogP contribution in [-0.4, -0.2) is 16.7 Å². The fourth-order valence-corrected chi connectivity index (χ4v) is 3.81. The Kier molecular flexibility index (Phi) is 2.99. The summed E-state index contributed by atoms with van der Waals surface area (Å²) in [6.07, 6.45) is 2.98. The van der Waals surface area contributed by atoms with Gasteiger partial charge in [-0.3, -0.25) is 14.6 Å². The number of anilines is 1. The lowest BCUT2D eigenvalue weighted by atomic mass is 9.82. The molecule has 1 N–H and O–H groups in total. The van der Waals surface area contributed by atoms with Gasteiger partial charge in [-0.2, -0.15) is 0 Å². The summed E-state index contributed by atoms with van der Waals surface area (Å²) in [4.78, 5) is 29.7. The number of hydrogen-bond donors (Lipinski definition) is 1. The number of fused-ring (bicyclic) bond motifs is 3. The van der Waals surface area contributed by atoms with Gasteiger partial charge >= 0.3 is 0 Å². The van der Waals surface area contributed by atoms with E-state index >= 15 is 0 Å². The summed E-state index contributed by atoms with van der Waals surface area (Å²) in [6.45, 7) is 5.78. The molecule has 2 aliphatic rings. The van der Waals surface area contributed by atoms with Gasteiger partial charge in [-0.25, -0.2) is 0 Å². The number of ketones is 1. The molecule has 1 aliphatic carbocycles. The first-order valence-electron chi connectivity index (χ1n) is 8.25. The zero-order valence-corrected chi connectivity index (χ0v) is 14.1. The van der Waals surface area contributed by atoms with Gasteiger partial charge in [0.25, 0.3) is 0 Å². The Morgan fingerprint density at radius 3 is 2.67 bits per heavy atom. The molecular formula is C20H20N2O2. The first kappa shape index (κ1) is 15.1. The van der Waals surface area contributed by atoms with Crippen molar-refractivity contribution in [2.75, 3.05) is 5.32 Å². The highest BCUT2D eigenvalue weighted by Gasteiger charge is 2.51. The molecule has 1 aromatic heterocycles. The molecule has 4 heteroatoms. The molecule has 4 rings (SSSR count). The number of nitrogens with zero attached hydrogens (tertiary/aromatic N) is 1. The SMILES string of the molecule is CC(C)(C)C(=O)c1ccc2c(c1)CC1(C2)C(=O)Nc2cccnc21. The lowest BCUT2D eigenvalue weighted by Crippen LogP contribution is -2.35. The van der Waals surface area contributed by atoms with Gasteiger partial charge in [-0.1, -0.05) is 32.9 Å². The summed E-state index contributed by atoms with van der Waals surface area (Å²) in [5.74, 6) is 0.136. The van der Waals surface area contributed by atoms with Gasteiger partial charge in [0.05, 0.1) is 11.4 Å². The quantitative estimate of drug-likeness (QED) is 0.820. The lowest BCUT2D eigenvalue weighted by molar-refractivity contribution is -0.120. The van der Waals surface area contributed by atoms with Crippen molar-refractivity contribution >= 4 is 17.4 Å². The van der Waals surface area contributed by atoms with Crippen molar-refractivity contribution in [2.24, 2.45) is 5.41 Å². The maximum absolute atomic E-state index is 12.7. The summed E-state index contributed by atoms with van der Waals surface area (Å²) in [6, 6.07) is 9.58. The summed E-state index contributed by atoms with van der Waals surface area (Å²) in [5, 5.41) is 2.96. The molecule has 1 atom stereocenters. The van der Waals surface area contributed by atoms with E-state index in [1.54, 1.807) is 6.20 Å². The van der Waals surface area contributed by atoms with E-state index in [0.29, 0.717) is 12.8 Å². The van der Waals surface area contributed by atoms with Crippen LogP contribution in [0.2, 0.25) is 0 Å². The lowest BCUT2D eigenvalue weighted by Gasteiger charge is -2.19. The second-order valence-corrected chi connectivity index (χ2v) is 7.85. The molecule has 1 unspecified atom stereocenters. The number of pyridine rings is 1. The summed E-state index contributed by atoms with van der Waals surface area (Å²) >= 11 is 0. The van der Waals surface area contributed by atoms with Crippen molar-refractivity contribution in [2.45, 2.75) is 39.0 Å². The van der Waals surface area contributed by atoms with Crippen molar-refractivity contribution < 1.29 is 9.59 Å². The van der Waals surface area contributed by atoms with Crippen molar-refractivity contribution in [3.63, 3.8) is 0 Å². The van der Waals surface area contributed by atoms with Crippen LogP contribution < -0.4 is 5.32 Å². The number of carbonyl (C=O) groups is 2. The van der Waals surface area contributed by atoms with E-state index in [1.807, 2.05) is 51.1 Å². The highest BCUT2D eigenvalue weighted by Crippen LogP contribution is 2.46. The van der Waals surface area contributed by atoms with E-state index in [-0.39, 0.29) is 11.7 Å². The van der Waals surface area contributed by atoms with Crippen LogP contribution in [0.5, 0.6) is 0 Å². The fourth-order valence-electron chi connectivity index (χ4n) is 3.81. The first-order chi connectivity index (χ1) is 11.3. The fraction of sp³-hybridized carbons (Fsp3) is 0.350. The predicted octanol–water partition coefficient (Wildman–Crippen LogP) is 3.30. The number of Topliss-reactive ketones (excluding diaryl/α,β-unsaturated/α-hetero) is 1. The Hall–Kier alpha value is -2.49. The van der Waals surface area contributed by atoms with Crippen LogP contribution in [0.4, 0.5) is 5.69 Å². The minimum absolute atomic E-state index is 0.0103. The monoisotopic (exact) mass is 320 g/mol.